The fraction of sp³-hybridized carbons (Fsp3) is 0.500. The van der Waals surface area contributed by atoms with Crippen LogP contribution in [0.4, 0.5) is 5.69 Å². The van der Waals surface area contributed by atoms with Gasteiger partial charge in [-0.2, -0.15) is 0 Å². The van der Waals surface area contributed by atoms with E-state index in [4.69, 9.17) is 9.84 Å². The molecule has 0 saturated heterocycles. The van der Waals surface area contributed by atoms with Crippen molar-refractivity contribution in [3.63, 3.8) is 0 Å². The fourth-order valence-corrected chi connectivity index (χ4v) is 2.45. The van der Waals surface area contributed by atoms with Crippen molar-refractivity contribution in [3.8, 4) is 5.75 Å². The number of β-amino-alcohol motifs (C(OH)–C–C–N with tert-alkyl or cyclic N) is 1. The van der Waals surface area contributed by atoms with Crippen LogP contribution in [-0.4, -0.2) is 37.4 Å². The average molecular weight is 264 g/mol. The number of hydrogen-bond donors (Lipinski definition) is 1. The Bertz CT molecular complexity index is 447. The summed E-state index contributed by atoms with van der Waals surface area (Å²) in [7, 11) is 0. The van der Waals surface area contributed by atoms with Crippen molar-refractivity contribution in [3.05, 3.63) is 23.8 Å². The topological polar surface area (TPSA) is 72.8 Å². The SMILES string of the molecule is O=C([O-])COc1cccc2c1CCCCN2CCO. The summed E-state index contributed by atoms with van der Waals surface area (Å²) in [5.74, 6) is -0.620. The van der Waals surface area contributed by atoms with E-state index in [9.17, 15) is 9.90 Å². The molecule has 0 spiro atoms. The number of carboxylic acids is 1. The number of aliphatic hydroxyl groups excluding tert-OH is 1. The van der Waals surface area contributed by atoms with Gasteiger partial charge >= 0.3 is 0 Å². The van der Waals surface area contributed by atoms with Gasteiger partial charge in [0, 0.05) is 24.3 Å². The van der Waals surface area contributed by atoms with Crippen molar-refractivity contribution in [2.45, 2.75) is 19.3 Å². The summed E-state index contributed by atoms with van der Waals surface area (Å²) < 4.78 is 5.30. The van der Waals surface area contributed by atoms with Gasteiger partial charge in [0.1, 0.15) is 12.4 Å². The lowest BCUT2D eigenvalue weighted by Crippen LogP contribution is -2.29. The lowest BCUT2D eigenvalue weighted by Gasteiger charge is -2.25. The van der Waals surface area contributed by atoms with Crippen LogP contribution in [0.25, 0.3) is 0 Å². The lowest BCUT2D eigenvalue weighted by molar-refractivity contribution is -0.307. The smallest absolute Gasteiger partial charge is 0.128 e. The van der Waals surface area contributed by atoms with Crippen LogP contribution in [0.2, 0.25) is 0 Å². The second kappa shape index (κ2) is 6.43. The summed E-state index contributed by atoms with van der Waals surface area (Å²) in [4.78, 5) is 12.6. The van der Waals surface area contributed by atoms with Gasteiger partial charge in [-0.1, -0.05) is 6.07 Å². The first-order valence-corrected chi connectivity index (χ1v) is 6.52. The Labute approximate surface area is 112 Å². The molecule has 0 atom stereocenters. The maximum absolute atomic E-state index is 10.5. The highest BCUT2D eigenvalue weighted by Crippen LogP contribution is 2.33. The van der Waals surface area contributed by atoms with Gasteiger partial charge in [0.2, 0.25) is 0 Å². The Kier molecular flexibility index (Phi) is 4.63. The van der Waals surface area contributed by atoms with Crippen LogP contribution in [0.15, 0.2) is 18.2 Å². The number of aliphatic hydroxyl groups is 1. The molecule has 0 radical (unpaired) electrons. The van der Waals surface area contributed by atoms with Gasteiger partial charge in [-0.3, -0.25) is 0 Å². The minimum atomic E-state index is -1.22. The van der Waals surface area contributed by atoms with Gasteiger partial charge in [-0.05, 0) is 31.4 Å². The second-order valence-electron chi connectivity index (χ2n) is 4.58. The first kappa shape index (κ1) is 13.7. The van der Waals surface area contributed by atoms with E-state index >= 15 is 0 Å². The summed E-state index contributed by atoms with van der Waals surface area (Å²) in [6, 6.07) is 5.62. The molecular formula is C14H18NO4-. The number of carboxylic acid groups (broad SMARTS) is 1. The van der Waals surface area contributed by atoms with Crippen LogP contribution in [-0.2, 0) is 11.2 Å². The van der Waals surface area contributed by atoms with Gasteiger partial charge in [0.05, 0.1) is 12.6 Å². The first-order valence-electron chi connectivity index (χ1n) is 6.52. The maximum atomic E-state index is 10.5. The molecule has 0 amide bonds. The third-order valence-electron chi connectivity index (χ3n) is 3.27. The van der Waals surface area contributed by atoms with Gasteiger partial charge in [-0.15, -0.1) is 0 Å². The van der Waals surface area contributed by atoms with Crippen molar-refractivity contribution < 1.29 is 19.7 Å². The number of anilines is 1. The van der Waals surface area contributed by atoms with E-state index in [-0.39, 0.29) is 6.61 Å². The van der Waals surface area contributed by atoms with Crippen LogP contribution >= 0.6 is 0 Å². The van der Waals surface area contributed by atoms with Crippen LogP contribution in [0.5, 0.6) is 5.75 Å². The zero-order valence-electron chi connectivity index (χ0n) is 10.8. The number of benzene rings is 1. The summed E-state index contributed by atoms with van der Waals surface area (Å²) in [5, 5.41) is 19.6. The summed E-state index contributed by atoms with van der Waals surface area (Å²) >= 11 is 0. The number of hydrogen-bond acceptors (Lipinski definition) is 5. The van der Waals surface area contributed by atoms with Crippen LogP contribution in [0.1, 0.15) is 18.4 Å². The number of ether oxygens (including phenoxy) is 1. The molecule has 2 rings (SSSR count). The predicted molar refractivity (Wildman–Crippen MR) is 69.2 cm³/mol. The number of rotatable bonds is 5. The molecule has 104 valence electrons. The molecule has 1 aliphatic rings. The Morgan fingerprint density at radius 3 is 3.00 bits per heavy atom. The van der Waals surface area contributed by atoms with E-state index in [0.29, 0.717) is 12.3 Å². The number of aliphatic carboxylic acids is 1. The maximum Gasteiger partial charge on any atom is 0.128 e. The summed E-state index contributed by atoms with van der Waals surface area (Å²) in [6.07, 6.45) is 2.94. The molecule has 0 bridgehead atoms. The Hall–Kier alpha value is -1.75. The lowest BCUT2D eigenvalue weighted by atomic mass is 10.1. The molecule has 0 aliphatic carbocycles. The Morgan fingerprint density at radius 1 is 1.42 bits per heavy atom. The zero-order valence-corrected chi connectivity index (χ0v) is 10.8. The normalized spacial score (nSPS) is 14.7. The van der Waals surface area contributed by atoms with Crippen LogP contribution in [0, 0.1) is 0 Å². The number of carbonyl (C=O) groups is 1. The molecule has 0 fully saturated rings. The van der Waals surface area contributed by atoms with Crippen molar-refractivity contribution >= 4 is 11.7 Å². The monoisotopic (exact) mass is 264 g/mol. The molecule has 5 heteroatoms. The van der Waals surface area contributed by atoms with Gasteiger partial charge in [0.15, 0.2) is 0 Å². The van der Waals surface area contributed by atoms with E-state index in [1.807, 2.05) is 12.1 Å². The minimum Gasteiger partial charge on any atom is -0.546 e. The van der Waals surface area contributed by atoms with Gasteiger partial charge in [-0.25, -0.2) is 0 Å². The van der Waals surface area contributed by atoms with Crippen LogP contribution in [0.3, 0.4) is 0 Å². The second-order valence-corrected chi connectivity index (χ2v) is 4.58. The first-order chi connectivity index (χ1) is 9.22. The third-order valence-corrected chi connectivity index (χ3v) is 3.27. The zero-order chi connectivity index (χ0) is 13.7. The van der Waals surface area contributed by atoms with E-state index in [0.717, 1.165) is 37.1 Å². The molecule has 1 aromatic rings. The number of nitrogens with zero attached hydrogens (tertiary/aromatic N) is 1. The van der Waals surface area contributed by atoms with E-state index in [1.54, 1.807) is 6.07 Å². The number of carbonyl (C=O) groups excluding carboxylic acids is 1. The quantitative estimate of drug-likeness (QED) is 0.807. The summed E-state index contributed by atoms with van der Waals surface area (Å²) in [5.41, 5.74) is 2.05. The van der Waals surface area contributed by atoms with Crippen LogP contribution < -0.4 is 14.7 Å². The van der Waals surface area contributed by atoms with Gasteiger partial charge < -0.3 is 24.6 Å². The molecule has 5 nitrogen and oxygen atoms in total. The molecule has 1 aliphatic heterocycles. The Morgan fingerprint density at radius 2 is 2.26 bits per heavy atom. The molecule has 1 heterocycles. The molecule has 0 saturated carbocycles. The molecule has 0 unspecified atom stereocenters. The predicted octanol–water partition coefficient (Wildman–Crippen LogP) is -0.0497. The molecule has 19 heavy (non-hydrogen) atoms. The molecule has 0 aromatic heterocycles. The van der Waals surface area contributed by atoms with E-state index in [1.165, 1.54) is 0 Å². The third kappa shape index (κ3) is 3.38. The highest BCUT2D eigenvalue weighted by atomic mass is 16.5. The molecular weight excluding hydrogens is 246 g/mol. The van der Waals surface area contributed by atoms with Crippen molar-refractivity contribution in [2.75, 3.05) is 31.2 Å². The van der Waals surface area contributed by atoms with Crippen molar-refractivity contribution in [2.24, 2.45) is 0 Å². The minimum absolute atomic E-state index is 0.101. The average Bonchev–Trinajstić information content (AvgIpc) is 2.60. The highest BCUT2D eigenvalue weighted by molar-refractivity contribution is 5.67. The summed E-state index contributed by atoms with van der Waals surface area (Å²) in [6.45, 7) is 1.15. The fourth-order valence-electron chi connectivity index (χ4n) is 2.45. The standard InChI is InChI=1S/C14H19NO4/c16-9-8-15-7-2-1-4-11-12(15)5-3-6-13(11)19-10-14(17)18/h3,5-6,16H,1-2,4,7-10H2,(H,17,18)/p-1. The highest BCUT2D eigenvalue weighted by Gasteiger charge is 2.18. The number of fused-ring (bicyclic) bond motifs is 1. The molecule has 1 N–H and O–H groups in total. The molecule has 1 aromatic carbocycles. The largest absolute Gasteiger partial charge is 0.546 e. The van der Waals surface area contributed by atoms with Crippen molar-refractivity contribution in [1.82, 2.24) is 0 Å². The van der Waals surface area contributed by atoms with Gasteiger partial charge in [0.25, 0.3) is 0 Å². The van der Waals surface area contributed by atoms with Crippen molar-refractivity contribution in [1.29, 1.82) is 0 Å². The van der Waals surface area contributed by atoms with E-state index < -0.39 is 12.6 Å². The van der Waals surface area contributed by atoms with E-state index in [2.05, 4.69) is 4.90 Å². The Balaban J connectivity index is 2.27.